The van der Waals surface area contributed by atoms with Crippen LogP contribution in [0.4, 0.5) is 5.69 Å². The van der Waals surface area contributed by atoms with E-state index in [9.17, 15) is 14.9 Å². The van der Waals surface area contributed by atoms with E-state index in [0.29, 0.717) is 28.0 Å². The third-order valence-electron chi connectivity index (χ3n) is 6.17. The maximum absolute atomic E-state index is 12.6. The molecule has 0 saturated carbocycles. The number of aromatic nitrogens is 3. The number of ether oxygens (including phenoxy) is 2. The Morgan fingerprint density at radius 3 is 2.42 bits per heavy atom. The molecule has 1 N–H and O–H groups in total. The van der Waals surface area contributed by atoms with E-state index in [1.165, 1.54) is 30.1 Å². The van der Waals surface area contributed by atoms with Gasteiger partial charge in [0, 0.05) is 28.9 Å². The number of carbonyl (C=O) groups excluding carboxylic acids is 1. The number of amides is 1. The Labute approximate surface area is 251 Å². The van der Waals surface area contributed by atoms with E-state index >= 15 is 0 Å². The number of para-hydroxylation sites is 1. The number of nitro groups is 1. The van der Waals surface area contributed by atoms with Crippen LogP contribution < -0.4 is 14.9 Å². The molecule has 0 bridgehead atoms. The number of thioether (sulfide) groups is 1. The Kier molecular flexibility index (Phi) is 9.39. The number of hydrazone groups is 1. The van der Waals surface area contributed by atoms with E-state index in [1.54, 1.807) is 25.3 Å². The Balaban J connectivity index is 1.19. The Morgan fingerprint density at radius 2 is 1.72 bits per heavy atom. The summed E-state index contributed by atoms with van der Waals surface area (Å²) in [6, 6.07) is 30.8. The fraction of sp³-hybridized carbons (Fsp3) is 0.0968. The van der Waals surface area contributed by atoms with Crippen molar-refractivity contribution in [1.29, 1.82) is 0 Å². The summed E-state index contributed by atoms with van der Waals surface area (Å²) in [5.41, 5.74) is 5.83. The van der Waals surface area contributed by atoms with Crippen LogP contribution in [-0.4, -0.2) is 44.7 Å². The van der Waals surface area contributed by atoms with Crippen molar-refractivity contribution < 1.29 is 19.2 Å². The van der Waals surface area contributed by atoms with Crippen molar-refractivity contribution in [3.8, 4) is 28.6 Å². The van der Waals surface area contributed by atoms with Crippen LogP contribution in [0.5, 0.6) is 11.5 Å². The number of nitro benzene ring substituents is 1. The summed E-state index contributed by atoms with van der Waals surface area (Å²) in [5, 5.41) is 24.2. The lowest BCUT2D eigenvalue weighted by Crippen LogP contribution is -2.20. The van der Waals surface area contributed by atoms with Gasteiger partial charge in [0.2, 0.25) is 0 Å². The van der Waals surface area contributed by atoms with Gasteiger partial charge in [0.15, 0.2) is 11.0 Å². The predicted molar refractivity (Wildman–Crippen MR) is 164 cm³/mol. The van der Waals surface area contributed by atoms with Crippen LogP contribution in [0.3, 0.4) is 0 Å². The standard InChI is InChI=1S/C31H26N6O5S/c1-41-28-18-22(12-13-24(28)20-42-27-16-14-26(15-17-27)37(39)40)19-32-33-29(38)21-43-31-35-34-30(23-8-4-2-5-9-23)36(31)25-10-6-3-7-11-25/h2-19H,20-21H2,1H3,(H,33,38)/b32-19+. The first kappa shape index (κ1) is 29.0. The number of non-ortho nitro benzene ring substituents is 1. The lowest BCUT2D eigenvalue weighted by atomic mass is 10.1. The summed E-state index contributed by atoms with van der Waals surface area (Å²) in [6.07, 6.45) is 1.52. The van der Waals surface area contributed by atoms with Gasteiger partial charge in [-0.05, 0) is 35.9 Å². The lowest BCUT2D eigenvalue weighted by molar-refractivity contribution is -0.384. The number of rotatable bonds is 12. The van der Waals surface area contributed by atoms with E-state index in [-0.39, 0.29) is 24.0 Å². The zero-order valence-corrected chi connectivity index (χ0v) is 23.8. The third-order valence-corrected chi connectivity index (χ3v) is 7.10. The molecule has 11 nitrogen and oxygen atoms in total. The quantitative estimate of drug-likeness (QED) is 0.0845. The summed E-state index contributed by atoms with van der Waals surface area (Å²) in [7, 11) is 1.54. The summed E-state index contributed by atoms with van der Waals surface area (Å²) in [5.74, 6) is 1.53. The third kappa shape index (κ3) is 7.43. The molecule has 1 aromatic heterocycles. The first-order valence-electron chi connectivity index (χ1n) is 13.1. The molecule has 4 aromatic carbocycles. The first-order chi connectivity index (χ1) is 21.0. The van der Waals surface area contributed by atoms with Crippen molar-refractivity contribution in [1.82, 2.24) is 20.2 Å². The first-order valence-corrected chi connectivity index (χ1v) is 14.1. The van der Waals surface area contributed by atoms with Gasteiger partial charge in [0.05, 0.1) is 24.0 Å². The molecule has 0 saturated heterocycles. The van der Waals surface area contributed by atoms with Gasteiger partial charge in [-0.25, -0.2) is 5.43 Å². The zero-order valence-electron chi connectivity index (χ0n) is 23.0. The molecule has 0 atom stereocenters. The zero-order chi connectivity index (χ0) is 30.0. The molecule has 0 fully saturated rings. The van der Waals surface area contributed by atoms with Crippen LogP contribution in [0.2, 0.25) is 0 Å². The predicted octanol–water partition coefficient (Wildman–Crippen LogP) is 5.67. The van der Waals surface area contributed by atoms with Crippen LogP contribution >= 0.6 is 11.8 Å². The lowest BCUT2D eigenvalue weighted by Gasteiger charge is -2.11. The van der Waals surface area contributed by atoms with E-state index < -0.39 is 4.92 Å². The fourth-order valence-corrected chi connectivity index (χ4v) is 4.82. The molecule has 0 aliphatic carbocycles. The maximum Gasteiger partial charge on any atom is 0.269 e. The topological polar surface area (TPSA) is 134 Å². The second-order valence-electron chi connectivity index (χ2n) is 9.04. The molecule has 1 heterocycles. The molecular weight excluding hydrogens is 568 g/mol. The molecular formula is C31H26N6O5S. The highest BCUT2D eigenvalue weighted by atomic mass is 32.2. The number of nitrogens with one attached hydrogen (secondary N) is 1. The minimum atomic E-state index is -0.464. The van der Waals surface area contributed by atoms with Gasteiger partial charge in [-0.1, -0.05) is 72.4 Å². The van der Waals surface area contributed by atoms with E-state index in [2.05, 4.69) is 20.7 Å². The Hall–Kier alpha value is -5.49. The van der Waals surface area contributed by atoms with Crippen LogP contribution in [0, 0.1) is 10.1 Å². The van der Waals surface area contributed by atoms with Crippen molar-refractivity contribution in [2.75, 3.05) is 12.9 Å². The average Bonchev–Trinajstić information content (AvgIpc) is 3.48. The van der Waals surface area contributed by atoms with Crippen molar-refractivity contribution in [3.63, 3.8) is 0 Å². The maximum atomic E-state index is 12.6. The number of benzene rings is 4. The highest BCUT2D eigenvalue weighted by Gasteiger charge is 2.17. The van der Waals surface area contributed by atoms with Gasteiger partial charge < -0.3 is 9.47 Å². The molecule has 0 aliphatic rings. The SMILES string of the molecule is COc1cc(/C=N/NC(=O)CSc2nnc(-c3ccccc3)n2-c2ccccc2)ccc1COc1ccc([N+](=O)[O-])cc1. The summed E-state index contributed by atoms with van der Waals surface area (Å²) in [6.45, 7) is 0.200. The monoisotopic (exact) mass is 594 g/mol. The van der Waals surface area contributed by atoms with Gasteiger partial charge in [-0.15, -0.1) is 10.2 Å². The molecule has 1 amide bonds. The molecule has 0 radical (unpaired) electrons. The highest BCUT2D eigenvalue weighted by molar-refractivity contribution is 7.99. The van der Waals surface area contributed by atoms with E-state index in [4.69, 9.17) is 9.47 Å². The molecule has 12 heteroatoms. The highest BCUT2D eigenvalue weighted by Crippen LogP contribution is 2.28. The molecule has 0 unspecified atom stereocenters. The average molecular weight is 595 g/mol. The van der Waals surface area contributed by atoms with Gasteiger partial charge in [0.25, 0.3) is 11.6 Å². The summed E-state index contributed by atoms with van der Waals surface area (Å²) < 4.78 is 13.2. The molecule has 0 spiro atoms. The van der Waals surface area contributed by atoms with Crippen LogP contribution in [-0.2, 0) is 11.4 Å². The van der Waals surface area contributed by atoms with Crippen molar-refractivity contribution in [2.24, 2.45) is 5.10 Å². The van der Waals surface area contributed by atoms with Gasteiger partial charge in [-0.3, -0.25) is 19.5 Å². The van der Waals surface area contributed by atoms with E-state index in [0.717, 1.165) is 16.8 Å². The van der Waals surface area contributed by atoms with Crippen molar-refractivity contribution >= 4 is 29.6 Å². The largest absolute Gasteiger partial charge is 0.496 e. The van der Waals surface area contributed by atoms with Crippen LogP contribution in [0.25, 0.3) is 17.1 Å². The molecule has 43 heavy (non-hydrogen) atoms. The van der Waals surface area contributed by atoms with Gasteiger partial charge in [0.1, 0.15) is 18.1 Å². The fourth-order valence-electron chi connectivity index (χ4n) is 4.07. The van der Waals surface area contributed by atoms with E-state index in [1.807, 2.05) is 77.4 Å². The number of hydrogen-bond acceptors (Lipinski definition) is 9. The van der Waals surface area contributed by atoms with Gasteiger partial charge in [-0.2, -0.15) is 5.10 Å². The Bertz CT molecular complexity index is 1730. The normalized spacial score (nSPS) is 10.9. The second-order valence-corrected chi connectivity index (χ2v) is 9.98. The van der Waals surface area contributed by atoms with Crippen LogP contribution in [0.15, 0.2) is 113 Å². The molecule has 5 aromatic rings. The van der Waals surface area contributed by atoms with Crippen LogP contribution in [0.1, 0.15) is 11.1 Å². The van der Waals surface area contributed by atoms with Gasteiger partial charge >= 0.3 is 0 Å². The number of nitrogens with zero attached hydrogens (tertiary/aromatic N) is 5. The minimum absolute atomic E-state index is 0.00749. The molecule has 5 rings (SSSR count). The van der Waals surface area contributed by atoms with Crippen molar-refractivity contribution in [2.45, 2.75) is 11.8 Å². The molecule has 216 valence electrons. The number of carbonyl (C=O) groups is 1. The summed E-state index contributed by atoms with van der Waals surface area (Å²) in [4.78, 5) is 23.0. The Morgan fingerprint density at radius 1 is 1.00 bits per heavy atom. The number of hydrogen-bond donors (Lipinski definition) is 1. The smallest absolute Gasteiger partial charge is 0.269 e. The van der Waals surface area contributed by atoms with Crippen molar-refractivity contribution in [3.05, 3.63) is 124 Å². The summed E-state index contributed by atoms with van der Waals surface area (Å²) >= 11 is 1.26. The minimum Gasteiger partial charge on any atom is -0.496 e. The molecule has 0 aliphatic heterocycles. The number of methoxy groups -OCH3 is 1. The second kappa shape index (κ2) is 13.9.